The van der Waals surface area contributed by atoms with Crippen LogP contribution >= 0.6 is 0 Å². The minimum atomic E-state index is -0.634. The van der Waals surface area contributed by atoms with E-state index in [0.717, 1.165) is 12.0 Å². The van der Waals surface area contributed by atoms with Gasteiger partial charge in [-0.3, -0.25) is 9.59 Å². The van der Waals surface area contributed by atoms with Gasteiger partial charge in [-0.1, -0.05) is 39.2 Å². The van der Waals surface area contributed by atoms with Crippen molar-refractivity contribution in [2.75, 3.05) is 20.2 Å². The summed E-state index contributed by atoms with van der Waals surface area (Å²) in [5, 5.41) is 0. The van der Waals surface area contributed by atoms with Crippen LogP contribution in [-0.4, -0.2) is 59.9 Å². The number of nitrogens with zero attached hydrogens (tertiary/aromatic N) is 2. The molecule has 0 aromatic carbocycles. The molecule has 6 heteroatoms. The van der Waals surface area contributed by atoms with Gasteiger partial charge in [-0.2, -0.15) is 0 Å². The SMILES string of the molecule is C=CC1=C(C=C)C(=O)N(C(C(=O)N2CCCC2C(=O)OC)C(C)C)C1. The Balaban J connectivity index is 2.29. The van der Waals surface area contributed by atoms with E-state index in [1.54, 1.807) is 15.9 Å². The fourth-order valence-electron chi connectivity index (χ4n) is 3.61. The zero-order valence-corrected chi connectivity index (χ0v) is 15.2. The Bertz CT molecular complexity index is 635. The topological polar surface area (TPSA) is 66.9 Å². The van der Waals surface area contributed by atoms with Gasteiger partial charge in [0.25, 0.3) is 5.91 Å². The molecule has 2 aliphatic rings. The van der Waals surface area contributed by atoms with E-state index in [9.17, 15) is 14.4 Å². The highest BCUT2D eigenvalue weighted by Crippen LogP contribution is 2.29. The van der Waals surface area contributed by atoms with Crippen molar-refractivity contribution in [1.82, 2.24) is 9.80 Å². The highest BCUT2D eigenvalue weighted by Gasteiger charge is 2.44. The molecule has 0 bridgehead atoms. The molecule has 2 atom stereocenters. The summed E-state index contributed by atoms with van der Waals surface area (Å²) >= 11 is 0. The molecule has 0 radical (unpaired) electrons. The zero-order chi connectivity index (χ0) is 18.7. The molecule has 2 heterocycles. The average molecular weight is 346 g/mol. The molecule has 0 saturated carbocycles. The van der Waals surface area contributed by atoms with E-state index in [-0.39, 0.29) is 17.7 Å². The highest BCUT2D eigenvalue weighted by molar-refractivity contribution is 6.03. The predicted octanol–water partition coefficient (Wildman–Crippen LogP) is 1.69. The maximum Gasteiger partial charge on any atom is 0.328 e. The van der Waals surface area contributed by atoms with Gasteiger partial charge in [0, 0.05) is 18.7 Å². The van der Waals surface area contributed by atoms with Crippen LogP contribution in [0.4, 0.5) is 0 Å². The van der Waals surface area contributed by atoms with Gasteiger partial charge in [0.1, 0.15) is 12.1 Å². The van der Waals surface area contributed by atoms with E-state index in [4.69, 9.17) is 4.74 Å². The Hall–Kier alpha value is -2.37. The summed E-state index contributed by atoms with van der Waals surface area (Å²) in [6.45, 7) is 12.1. The molecule has 136 valence electrons. The summed E-state index contributed by atoms with van der Waals surface area (Å²) in [5.41, 5.74) is 1.25. The fourth-order valence-corrected chi connectivity index (χ4v) is 3.61. The molecular weight excluding hydrogens is 320 g/mol. The largest absolute Gasteiger partial charge is 0.467 e. The van der Waals surface area contributed by atoms with Gasteiger partial charge in [-0.25, -0.2) is 4.79 Å². The number of hydrogen-bond donors (Lipinski definition) is 0. The summed E-state index contributed by atoms with van der Waals surface area (Å²) in [7, 11) is 1.32. The van der Waals surface area contributed by atoms with Gasteiger partial charge in [-0.15, -0.1) is 0 Å². The first-order valence-corrected chi connectivity index (χ1v) is 8.54. The first-order valence-electron chi connectivity index (χ1n) is 8.54. The van der Waals surface area contributed by atoms with E-state index < -0.39 is 18.1 Å². The Morgan fingerprint density at radius 3 is 2.44 bits per heavy atom. The molecule has 0 aliphatic carbocycles. The van der Waals surface area contributed by atoms with Crippen molar-refractivity contribution in [3.05, 3.63) is 36.5 Å². The molecule has 0 spiro atoms. The summed E-state index contributed by atoms with van der Waals surface area (Å²) < 4.78 is 4.82. The molecule has 0 N–H and O–H groups in total. The molecule has 1 saturated heterocycles. The van der Waals surface area contributed by atoms with Gasteiger partial charge < -0.3 is 14.5 Å². The zero-order valence-electron chi connectivity index (χ0n) is 15.2. The molecule has 6 nitrogen and oxygen atoms in total. The van der Waals surface area contributed by atoms with E-state index in [1.807, 2.05) is 13.8 Å². The van der Waals surface area contributed by atoms with Gasteiger partial charge in [0.2, 0.25) is 5.91 Å². The van der Waals surface area contributed by atoms with Crippen molar-refractivity contribution in [3.63, 3.8) is 0 Å². The lowest BCUT2D eigenvalue weighted by Crippen LogP contribution is -2.54. The van der Waals surface area contributed by atoms with Gasteiger partial charge in [0.05, 0.1) is 7.11 Å². The maximum absolute atomic E-state index is 13.2. The van der Waals surface area contributed by atoms with Gasteiger partial charge >= 0.3 is 5.97 Å². The highest BCUT2D eigenvalue weighted by atomic mass is 16.5. The molecule has 0 aromatic heterocycles. The summed E-state index contributed by atoms with van der Waals surface area (Å²) in [5.74, 6) is -0.917. The lowest BCUT2D eigenvalue weighted by atomic mass is 10.00. The van der Waals surface area contributed by atoms with Crippen LogP contribution in [0.3, 0.4) is 0 Å². The second-order valence-electron chi connectivity index (χ2n) is 6.68. The second-order valence-corrected chi connectivity index (χ2v) is 6.68. The maximum atomic E-state index is 13.2. The van der Waals surface area contributed by atoms with E-state index in [2.05, 4.69) is 13.2 Å². The smallest absolute Gasteiger partial charge is 0.328 e. The minimum absolute atomic E-state index is 0.0921. The lowest BCUT2D eigenvalue weighted by molar-refractivity contribution is -0.154. The third kappa shape index (κ3) is 3.38. The minimum Gasteiger partial charge on any atom is -0.467 e. The number of amides is 2. The third-order valence-electron chi connectivity index (χ3n) is 4.86. The van der Waals surface area contributed by atoms with Gasteiger partial charge in [0.15, 0.2) is 0 Å². The predicted molar refractivity (Wildman–Crippen MR) is 94.5 cm³/mol. The quantitative estimate of drug-likeness (QED) is 0.687. The first kappa shape index (κ1) is 19.0. The van der Waals surface area contributed by atoms with Crippen molar-refractivity contribution in [2.24, 2.45) is 5.92 Å². The number of carbonyl (C=O) groups excluding carboxylic acids is 3. The van der Waals surface area contributed by atoms with Crippen LogP contribution in [0.25, 0.3) is 0 Å². The number of ether oxygens (including phenoxy) is 1. The van der Waals surface area contributed by atoms with Crippen LogP contribution in [0, 0.1) is 5.92 Å². The number of carbonyl (C=O) groups is 3. The average Bonchev–Trinajstić information content (AvgIpc) is 3.19. The Morgan fingerprint density at radius 1 is 1.28 bits per heavy atom. The van der Waals surface area contributed by atoms with Crippen LogP contribution < -0.4 is 0 Å². The Kier molecular flexibility index (Phi) is 5.82. The normalized spacial score (nSPS) is 21.8. The van der Waals surface area contributed by atoms with Crippen LogP contribution in [0.5, 0.6) is 0 Å². The Labute approximate surface area is 148 Å². The van der Waals surface area contributed by atoms with E-state index in [1.165, 1.54) is 13.2 Å². The molecule has 2 aliphatic heterocycles. The monoisotopic (exact) mass is 346 g/mol. The molecule has 1 fully saturated rings. The van der Waals surface area contributed by atoms with Crippen molar-refractivity contribution < 1.29 is 19.1 Å². The third-order valence-corrected chi connectivity index (χ3v) is 4.86. The Morgan fingerprint density at radius 2 is 1.96 bits per heavy atom. The van der Waals surface area contributed by atoms with Gasteiger partial charge in [-0.05, 0) is 24.3 Å². The number of esters is 1. The van der Waals surface area contributed by atoms with Crippen LogP contribution in [-0.2, 0) is 19.1 Å². The standard InChI is InChI=1S/C19H26N2O4/c1-6-13-11-21(17(22)14(13)7-2)16(12(3)4)18(23)20-10-8-9-15(20)19(24)25-5/h6-7,12,15-16H,1-2,8-11H2,3-5H3. The lowest BCUT2D eigenvalue weighted by Gasteiger charge is -2.35. The molecule has 2 amide bonds. The van der Waals surface area contributed by atoms with Crippen LogP contribution in [0.1, 0.15) is 26.7 Å². The second kappa shape index (κ2) is 7.68. The van der Waals surface area contributed by atoms with E-state index >= 15 is 0 Å². The molecule has 2 rings (SSSR count). The summed E-state index contributed by atoms with van der Waals surface area (Å²) in [6, 6.07) is -1.20. The first-order chi connectivity index (χ1) is 11.9. The van der Waals surface area contributed by atoms with Crippen molar-refractivity contribution in [3.8, 4) is 0 Å². The van der Waals surface area contributed by atoms with Crippen molar-refractivity contribution in [1.29, 1.82) is 0 Å². The number of rotatable bonds is 6. The fraction of sp³-hybridized carbons (Fsp3) is 0.526. The summed E-state index contributed by atoms with van der Waals surface area (Å²) in [6.07, 6.45) is 4.47. The molecule has 2 unspecified atom stereocenters. The summed E-state index contributed by atoms with van der Waals surface area (Å²) in [4.78, 5) is 41.0. The van der Waals surface area contributed by atoms with Crippen molar-refractivity contribution >= 4 is 17.8 Å². The number of hydrogen-bond acceptors (Lipinski definition) is 4. The molecule has 0 aromatic rings. The molecule has 25 heavy (non-hydrogen) atoms. The number of methoxy groups -OCH3 is 1. The van der Waals surface area contributed by atoms with Crippen LogP contribution in [0.15, 0.2) is 36.5 Å². The van der Waals surface area contributed by atoms with Crippen LogP contribution in [0.2, 0.25) is 0 Å². The van der Waals surface area contributed by atoms with E-state index in [0.29, 0.717) is 25.1 Å². The molecular formula is C19H26N2O4. The van der Waals surface area contributed by atoms with Crippen molar-refractivity contribution in [2.45, 2.75) is 38.8 Å². The number of likely N-dealkylation sites (tertiary alicyclic amines) is 1.